The second kappa shape index (κ2) is 11.9. The Morgan fingerprint density at radius 3 is 2.62 bits per heavy atom. The van der Waals surface area contributed by atoms with Gasteiger partial charge in [0.05, 0.1) is 11.9 Å². The Bertz CT molecular complexity index is 1440. The molecule has 0 atom stereocenters. The topological polar surface area (TPSA) is 108 Å². The van der Waals surface area contributed by atoms with E-state index in [1.165, 1.54) is 0 Å². The normalized spacial score (nSPS) is 13.5. The van der Waals surface area contributed by atoms with Gasteiger partial charge >= 0.3 is 0 Å². The fourth-order valence-corrected chi connectivity index (χ4v) is 4.55. The number of benzene rings is 2. The predicted molar refractivity (Wildman–Crippen MR) is 157 cm³/mol. The number of fused-ring (bicyclic) bond motifs is 1. The van der Waals surface area contributed by atoms with Crippen molar-refractivity contribution in [2.75, 3.05) is 31.6 Å². The minimum atomic E-state index is -0.142. The van der Waals surface area contributed by atoms with Crippen LogP contribution in [-0.4, -0.2) is 57.2 Å². The second-order valence-corrected chi connectivity index (χ2v) is 11.3. The molecule has 1 amide bonds. The number of anilines is 2. The van der Waals surface area contributed by atoms with E-state index in [-0.39, 0.29) is 17.9 Å². The van der Waals surface area contributed by atoms with Crippen LogP contribution >= 0.6 is 0 Å². The monoisotopic (exact) mass is 539 g/mol. The van der Waals surface area contributed by atoms with Gasteiger partial charge in [-0.05, 0) is 41.8 Å². The van der Waals surface area contributed by atoms with Crippen LogP contribution in [0.1, 0.15) is 39.0 Å². The molecule has 5 rings (SSSR count). The molecule has 9 heteroatoms. The van der Waals surface area contributed by atoms with Gasteiger partial charge in [0.1, 0.15) is 11.6 Å². The molecule has 0 radical (unpaired) electrons. The Labute approximate surface area is 235 Å². The van der Waals surface area contributed by atoms with Crippen molar-refractivity contribution in [2.24, 2.45) is 5.41 Å². The molecular weight excluding hydrogens is 502 g/mol. The van der Waals surface area contributed by atoms with Crippen LogP contribution in [0.2, 0.25) is 0 Å². The molecular formula is C31H37N7O2. The van der Waals surface area contributed by atoms with Crippen LogP contribution in [0.4, 0.5) is 11.5 Å². The third-order valence-corrected chi connectivity index (χ3v) is 6.84. The zero-order valence-corrected chi connectivity index (χ0v) is 23.6. The van der Waals surface area contributed by atoms with Crippen molar-refractivity contribution in [1.82, 2.24) is 30.4 Å². The molecule has 0 unspecified atom stereocenters. The van der Waals surface area contributed by atoms with E-state index in [2.05, 4.69) is 77.7 Å². The van der Waals surface area contributed by atoms with Gasteiger partial charge in [0.15, 0.2) is 12.4 Å². The van der Waals surface area contributed by atoms with E-state index in [1.54, 1.807) is 0 Å². The molecule has 1 aliphatic heterocycles. The van der Waals surface area contributed by atoms with E-state index in [9.17, 15) is 4.79 Å². The summed E-state index contributed by atoms with van der Waals surface area (Å²) in [7, 11) is 0. The number of rotatable bonds is 9. The van der Waals surface area contributed by atoms with Crippen LogP contribution in [-0.2, 0) is 17.8 Å². The number of hydrogen-bond acceptors (Lipinski definition) is 7. The Kier molecular flexibility index (Phi) is 8.11. The van der Waals surface area contributed by atoms with Gasteiger partial charge < -0.3 is 15.4 Å². The number of carbonyl (C=O) groups is 1. The van der Waals surface area contributed by atoms with E-state index in [1.807, 2.05) is 36.7 Å². The highest BCUT2D eigenvalue weighted by atomic mass is 16.5. The smallest absolute Gasteiger partial charge is 0.257 e. The molecule has 2 aromatic carbocycles. The Hall–Kier alpha value is -4.24. The molecule has 0 saturated carbocycles. The lowest BCUT2D eigenvalue weighted by Crippen LogP contribution is -2.35. The van der Waals surface area contributed by atoms with Crippen molar-refractivity contribution in [2.45, 2.75) is 40.7 Å². The third kappa shape index (κ3) is 6.84. The number of nitrogens with one attached hydrogen (secondary N) is 3. The van der Waals surface area contributed by atoms with Gasteiger partial charge in [0.25, 0.3) is 5.91 Å². The van der Waals surface area contributed by atoms with Gasteiger partial charge in [0.2, 0.25) is 0 Å². The number of H-pyrrole nitrogens is 1. The number of aromatic amines is 1. The number of likely N-dealkylation sites (N-methyl/N-ethyl adjacent to an activating group) is 1. The largest absolute Gasteiger partial charge is 0.484 e. The molecule has 4 aromatic rings. The molecule has 0 saturated heterocycles. The van der Waals surface area contributed by atoms with E-state index < -0.39 is 0 Å². The number of aromatic nitrogens is 4. The number of amides is 1. The lowest BCUT2D eigenvalue weighted by Gasteiger charge is -2.28. The summed E-state index contributed by atoms with van der Waals surface area (Å²) < 4.78 is 5.81. The molecule has 3 heterocycles. The Morgan fingerprint density at radius 2 is 1.90 bits per heavy atom. The third-order valence-electron chi connectivity index (χ3n) is 6.84. The summed E-state index contributed by atoms with van der Waals surface area (Å²) >= 11 is 0. The van der Waals surface area contributed by atoms with Gasteiger partial charge in [-0.15, -0.1) is 0 Å². The molecule has 0 fully saturated rings. The molecule has 0 bridgehead atoms. The summed E-state index contributed by atoms with van der Waals surface area (Å²) in [6.45, 7) is 11.7. The first kappa shape index (κ1) is 27.3. The fourth-order valence-electron chi connectivity index (χ4n) is 4.55. The predicted octanol–water partition coefficient (Wildman–Crippen LogP) is 5.20. The van der Waals surface area contributed by atoms with E-state index in [0.717, 1.165) is 65.5 Å². The highest BCUT2D eigenvalue weighted by Gasteiger charge is 2.23. The standard InChI is InChI=1S/C31H37N7O2/c1-5-38-14-13-27-26(18-38)30(35-24-11-9-21(10-12-24)23-16-33-34-17-23)37-29(36-27)22-7-6-8-25(15-22)40-19-28(39)32-20-31(2,3)4/h6-12,15-17H,5,13-14,18-20H2,1-4H3,(H,32,39)(H,33,34)(H,35,36,37). The Balaban J connectivity index is 1.38. The minimum absolute atomic E-state index is 0.0150. The lowest BCUT2D eigenvalue weighted by atomic mass is 9.97. The quantitative estimate of drug-likeness (QED) is 0.268. The highest BCUT2D eigenvalue weighted by molar-refractivity contribution is 5.77. The van der Waals surface area contributed by atoms with Crippen LogP contribution in [0.15, 0.2) is 60.9 Å². The highest BCUT2D eigenvalue weighted by Crippen LogP contribution is 2.31. The van der Waals surface area contributed by atoms with Crippen molar-refractivity contribution in [1.29, 1.82) is 0 Å². The van der Waals surface area contributed by atoms with Gasteiger partial charge in [-0.2, -0.15) is 5.10 Å². The van der Waals surface area contributed by atoms with Gasteiger partial charge in [-0.1, -0.05) is 52.0 Å². The summed E-state index contributed by atoms with van der Waals surface area (Å²) in [4.78, 5) is 24.6. The summed E-state index contributed by atoms with van der Waals surface area (Å²) in [6, 6.07) is 15.9. The zero-order valence-electron chi connectivity index (χ0n) is 23.6. The molecule has 40 heavy (non-hydrogen) atoms. The summed E-state index contributed by atoms with van der Waals surface area (Å²) in [5, 5.41) is 13.4. The number of ether oxygens (including phenoxy) is 1. The first-order valence-corrected chi connectivity index (χ1v) is 13.8. The van der Waals surface area contributed by atoms with Gasteiger partial charge in [-0.25, -0.2) is 9.97 Å². The first-order valence-electron chi connectivity index (χ1n) is 13.8. The van der Waals surface area contributed by atoms with Crippen molar-refractivity contribution in [3.8, 4) is 28.3 Å². The lowest BCUT2D eigenvalue weighted by molar-refractivity contribution is -0.123. The van der Waals surface area contributed by atoms with E-state index in [4.69, 9.17) is 14.7 Å². The maximum atomic E-state index is 12.3. The molecule has 0 aliphatic carbocycles. The SMILES string of the molecule is CCN1CCc2nc(-c3cccc(OCC(=O)NCC(C)(C)C)c3)nc(Nc3ccc(-c4cn[nH]c4)cc3)c2C1. The molecule has 208 valence electrons. The zero-order chi connectivity index (χ0) is 28.1. The molecule has 3 N–H and O–H groups in total. The molecule has 9 nitrogen and oxygen atoms in total. The molecule has 0 spiro atoms. The maximum Gasteiger partial charge on any atom is 0.257 e. The number of hydrogen-bond donors (Lipinski definition) is 3. The second-order valence-electron chi connectivity index (χ2n) is 11.3. The fraction of sp³-hybridized carbons (Fsp3) is 0.355. The van der Waals surface area contributed by atoms with Crippen molar-refractivity contribution >= 4 is 17.4 Å². The van der Waals surface area contributed by atoms with Gasteiger partial charge in [-0.3, -0.25) is 14.8 Å². The summed E-state index contributed by atoms with van der Waals surface area (Å²) in [5.41, 5.74) is 6.11. The van der Waals surface area contributed by atoms with Crippen molar-refractivity contribution in [3.63, 3.8) is 0 Å². The van der Waals surface area contributed by atoms with Crippen LogP contribution in [0.3, 0.4) is 0 Å². The molecule has 1 aliphatic rings. The van der Waals surface area contributed by atoms with Crippen LogP contribution in [0.5, 0.6) is 5.75 Å². The average Bonchev–Trinajstić information content (AvgIpc) is 3.50. The van der Waals surface area contributed by atoms with Crippen molar-refractivity contribution < 1.29 is 9.53 Å². The Morgan fingerprint density at radius 1 is 1.07 bits per heavy atom. The van der Waals surface area contributed by atoms with Gasteiger partial charge in [0, 0.05) is 54.6 Å². The first-order chi connectivity index (χ1) is 19.3. The average molecular weight is 540 g/mol. The van der Waals surface area contributed by atoms with Crippen LogP contribution < -0.4 is 15.4 Å². The van der Waals surface area contributed by atoms with E-state index >= 15 is 0 Å². The minimum Gasteiger partial charge on any atom is -0.484 e. The number of nitrogens with zero attached hydrogens (tertiary/aromatic N) is 4. The van der Waals surface area contributed by atoms with Crippen molar-refractivity contribution in [3.05, 3.63) is 72.2 Å². The summed E-state index contributed by atoms with van der Waals surface area (Å²) in [5.74, 6) is 1.90. The van der Waals surface area contributed by atoms with Crippen LogP contribution in [0.25, 0.3) is 22.5 Å². The molecule has 2 aromatic heterocycles. The summed E-state index contributed by atoms with van der Waals surface area (Å²) in [6.07, 6.45) is 4.55. The maximum absolute atomic E-state index is 12.3. The number of carbonyl (C=O) groups excluding carboxylic acids is 1. The van der Waals surface area contributed by atoms with E-state index in [0.29, 0.717) is 18.1 Å². The van der Waals surface area contributed by atoms with Crippen LogP contribution in [0, 0.1) is 5.41 Å².